The van der Waals surface area contributed by atoms with Crippen molar-refractivity contribution in [2.24, 2.45) is 7.05 Å². The second-order valence-electron chi connectivity index (χ2n) is 6.91. The quantitative estimate of drug-likeness (QED) is 0.890. The smallest absolute Gasteiger partial charge is 0.253 e. The van der Waals surface area contributed by atoms with E-state index < -0.39 is 0 Å². The molecule has 134 valence electrons. The van der Waals surface area contributed by atoms with Crippen molar-refractivity contribution in [1.82, 2.24) is 25.0 Å². The maximum Gasteiger partial charge on any atom is 0.253 e. The fourth-order valence-electron chi connectivity index (χ4n) is 3.57. The third-order valence-corrected chi connectivity index (χ3v) is 4.94. The predicted octanol–water partition coefficient (Wildman–Crippen LogP) is 1.96. The number of aromatic amines is 1. The van der Waals surface area contributed by atoms with Crippen molar-refractivity contribution in [2.75, 3.05) is 7.05 Å². The van der Waals surface area contributed by atoms with Crippen LogP contribution in [0.1, 0.15) is 60.4 Å². The van der Waals surface area contributed by atoms with Crippen LogP contribution in [0.5, 0.6) is 0 Å². The first-order chi connectivity index (χ1) is 11.9. The van der Waals surface area contributed by atoms with Crippen LogP contribution < -0.4 is 5.32 Å². The van der Waals surface area contributed by atoms with Gasteiger partial charge in [0.25, 0.3) is 5.91 Å². The zero-order chi connectivity index (χ0) is 18.1. The first-order valence-electron chi connectivity index (χ1n) is 8.61. The maximum atomic E-state index is 12.8. The second-order valence-corrected chi connectivity index (χ2v) is 6.91. The lowest BCUT2D eigenvalue weighted by Gasteiger charge is -2.39. The van der Waals surface area contributed by atoms with Crippen molar-refractivity contribution in [3.05, 3.63) is 41.5 Å². The van der Waals surface area contributed by atoms with Crippen LogP contribution in [0.15, 0.2) is 24.5 Å². The highest BCUT2D eigenvalue weighted by Crippen LogP contribution is 2.31. The van der Waals surface area contributed by atoms with Gasteiger partial charge in [-0.05, 0) is 24.5 Å². The van der Waals surface area contributed by atoms with Gasteiger partial charge < -0.3 is 15.2 Å². The highest BCUT2D eigenvalue weighted by molar-refractivity contribution is 5.96. The molecule has 3 rings (SSSR count). The van der Waals surface area contributed by atoms with E-state index in [9.17, 15) is 9.59 Å². The lowest BCUT2D eigenvalue weighted by atomic mass is 9.93. The first-order valence-corrected chi connectivity index (χ1v) is 8.61. The zero-order valence-corrected chi connectivity index (χ0v) is 15.1. The highest BCUT2D eigenvalue weighted by atomic mass is 16.2. The molecular weight excluding hydrogens is 318 g/mol. The van der Waals surface area contributed by atoms with Crippen molar-refractivity contribution in [3.8, 4) is 0 Å². The van der Waals surface area contributed by atoms with Gasteiger partial charge in [-0.1, -0.05) is 13.8 Å². The number of nitrogens with zero attached hydrogens (tertiary/aromatic N) is 3. The molecule has 0 aromatic carbocycles. The molecule has 25 heavy (non-hydrogen) atoms. The Morgan fingerprint density at radius 2 is 2.12 bits per heavy atom. The summed E-state index contributed by atoms with van der Waals surface area (Å²) in [6.45, 7) is 4.10. The van der Waals surface area contributed by atoms with Crippen molar-refractivity contribution in [2.45, 2.75) is 44.7 Å². The molecule has 0 radical (unpaired) electrons. The molecule has 0 aliphatic carbocycles. The summed E-state index contributed by atoms with van der Waals surface area (Å²) in [5, 5.41) is 7.35. The standard InChI is InChI=1S/C18H25N5O2/c1-11(2)16-12(7-9-19-16)18(25)21-13-5-6-15(24)22(3)17(13)14-8-10-20-23(14)4/h7-11,13,17,19H,5-6H2,1-4H3,(H,21,25)/t13-,17-/m1/s1. The van der Waals surface area contributed by atoms with Crippen LogP contribution in [0.2, 0.25) is 0 Å². The average Bonchev–Trinajstić information content (AvgIpc) is 3.20. The molecule has 0 saturated carbocycles. The molecule has 2 atom stereocenters. The van der Waals surface area contributed by atoms with E-state index in [1.165, 1.54) is 0 Å². The van der Waals surface area contributed by atoms with Crippen LogP contribution >= 0.6 is 0 Å². The second kappa shape index (κ2) is 6.74. The predicted molar refractivity (Wildman–Crippen MR) is 94.1 cm³/mol. The monoisotopic (exact) mass is 343 g/mol. The van der Waals surface area contributed by atoms with E-state index in [1.54, 1.807) is 35.1 Å². The number of likely N-dealkylation sites (N-methyl/N-ethyl adjacent to an activating group) is 1. The van der Waals surface area contributed by atoms with Gasteiger partial charge in [0, 0.05) is 38.6 Å². The largest absolute Gasteiger partial charge is 0.364 e. The molecule has 2 amide bonds. The van der Waals surface area contributed by atoms with Gasteiger partial charge in [0.05, 0.1) is 23.3 Å². The number of aryl methyl sites for hydroxylation is 1. The number of likely N-dealkylation sites (tertiary alicyclic amines) is 1. The van der Waals surface area contributed by atoms with Crippen molar-refractivity contribution < 1.29 is 9.59 Å². The van der Waals surface area contributed by atoms with E-state index in [2.05, 4.69) is 15.4 Å². The Labute approximate surface area is 147 Å². The number of piperidine rings is 1. The number of carbonyl (C=O) groups is 2. The lowest BCUT2D eigenvalue weighted by Crippen LogP contribution is -2.51. The van der Waals surface area contributed by atoms with Gasteiger partial charge in [-0.2, -0.15) is 5.10 Å². The Balaban J connectivity index is 1.86. The van der Waals surface area contributed by atoms with Crippen molar-refractivity contribution in [3.63, 3.8) is 0 Å². The number of rotatable bonds is 4. The van der Waals surface area contributed by atoms with Gasteiger partial charge in [0.1, 0.15) is 0 Å². The van der Waals surface area contributed by atoms with Crippen molar-refractivity contribution in [1.29, 1.82) is 0 Å². The molecule has 1 fully saturated rings. The van der Waals surface area contributed by atoms with E-state index in [4.69, 9.17) is 0 Å². The molecule has 0 bridgehead atoms. The van der Waals surface area contributed by atoms with E-state index in [0.29, 0.717) is 18.4 Å². The number of aromatic nitrogens is 3. The molecule has 3 heterocycles. The van der Waals surface area contributed by atoms with Gasteiger partial charge in [-0.15, -0.1) is 0 Å². The number of nitrogens with one attached hydrogen (secondary N) is 2. The summed E-state index contributed by atoms with van der Waals surface area (Å²) in [5.41, 5.74) is 2.51. The Morgan fingerprint density at radius 1 is 1.36 bits per heavy atom. The molecule has 2 aromatic heterocycles. The minimum atomic E-state index is -0.223. The molecule has 0 spiro atoms. The third-order valence-electron chi connectivity index (χ3n) is 4.94. The Kier molecular flexibility index (Phi) is 4.65. The van der Waals surface area contributed by atoms with E-state index in [0.717, 1.165) is 11.4 Å². The minimum absolute atomic E-state index is 0.0845. The highest BCUT2D eigenvalue weighted by Gasteiger charge is 2.37. The maximum absolute atomic E-state index is 12.8. The zero-order valence-electron chi connectivity index (χ0n) is 15.1. The fourth-order valence-corrected chi connectivity index (χ4v) is 3.57. The molecule has 2 N–H and O–H groups in total. The van der Waals surface area contributed by atoms with Crippen LogP contribution in [0.3, 0.4) is 0 Å². The minimum Gasteiger partial charge on any atom is -0.364 e. The summed E-state index contributed by atoms with van der Waals surface area (Å²) < 4.78 is 1.76. The van der Waals surface area contributed by atoms with Crippen LogP contribution in [0.25, 0.3) is 0 Å². The molecule has 7 heteroatoms. The molecule has 7 nitrogen and oxygen atoms in total. The summed E-state index contributed by atoms with van der Waals surface area (Å²) >= 11 is 0. The average molecular weight is 343 g/mol. The van der Waals surface area contributed by atoms with Crippen LogP contribution in [0, 0.1) is 0 Å². The summed E-state index contributed by atoms with van der Waals surface area (Å²) in [5.74, 6) is 0.213. The number of amides is 2. The van der Waals surface area contributed by atoms with Gasteiger partial charge in [0.2, 0.25) is 5.91 Å². The van der Waals surface area contributed by atoms with Crippen LogP contribution in [-0.4, -0.2) is 44.6 Å². The van der Waals surface area contributed by atoms with Crippen molar-refractivity contribution >= 4 is 11.8 Å². The van der Waals surface area contributed by atoms with E-state index in [-0.39, 0.29) is 29.8 Å². The molecular formula is C18H25N5O2. The number of hydrogen-bond acceptors (Lipinski definition) is 3. The third kappa shape index (κ3) is 3.18. The fraction of sp³-hybridized carbons (Fsp3) is 0.500. The summed E-state index contributed by atoms with van der Waals surface area (Å²) in [6.07, 6.45) is 4.55. The number of hydrogen-bond donors (Lipinski definition) is 2. The Hall–Kier alpha value is -2.57. The van der Waals surface area contributed by atoms with Crippen LogP contribution in [-0.2, 0) is 11.8 Å². The SMILES string of the molecule is CC(C)c1[nH]ccc1C(=O)N[C@@H]1CCC(=O)N(C)[C@H]1c1ccnn1C. The molecule has 1 aliphatic rings. The topological polar surface area (TPSA) is 83.0 Å². The number of carbonyl (C=O) groups excluding carboxylic acids is 2. The molecule has 1 saturated heterocycles. The Morgan fingerprint density at radius 3 is 2.76 bits per heavy atom. The van der Waals surface area contributed by atoms with Gasteiger partial charge >= 0.3 is 0 Å². The molecule has 2 aromatic rings. The van der Waals surface area contributed by atoms with E-state index >= 15 is 0 Å². The molecule has 1 aliphatic heterocycles. The summed E-state index contributed by atoms with van der Waals surface area (Å²) in [6, 6.07) is 3.33. The van der Waals surface area contributed by atoms with Gasteiger partial charge in [-0.3, -0.25) is 14.3 Å². The summed E-state index contributed by atoms with van der Waals surface area (Å²) in [4.78, 5) is 29.9. The lowest BCUT2D eigenvalue weighted by molar-refractivity contribution is -0.136. The number of H-pyrrole nitrogens is 1. The first kappa shape index (κ1) is 17.3. The molecule has 0 unspecified atom stereocenters. The summed E-state index contributed by atoms with van der Waals surface area (Å²) in [7, 11) is 3.64. The van der Waals surface area contributed by atoms with Crippen LogP contribution in [0.4, 0.5) is 0 Å². The van der Waals surface area contributed by atoms with E-state index in [1.807, 2.05) is 27.0 Å². The van der Waals surface area contributed by atoms with Gasteiger partial charge in [-0.25, -0.2) is 0 Å². The van der Waals surface area contributed by atoms with Gasteiger partial charge in [0.15, 0.2) is 0 Å². The normalized spacial score (nSPS) is 21.0. The Bertz CT molecular complexity index is 776.